The molecule has 5 nitrogen and oxygen atoms in total. The molecule has 2 aliphatic heterocycles. The molecule has 1 fully saturated rings. The fourth-order valence-electron chi connectivity index (χ4n) is 3.06. The minimum atomic E-state index is -0.256. The molecule has 1 saturated heterocycles. The molecular weight excluding hydrogens is 290 g/mol. The molecule has 0 spiro atoms. The monoisotopic (exact) mass is 311 g/mol. The Balaban J connectivity index is 1.63. The quantitative estimate of drug-likeness (QED) is 0.850. The zero-order chi connectivity index (χ0) is 16.1. The number of nitriles is 1. The zero-order valence-electron chi connectivity index (χ0n) is 13.1. The predicted octanol–water partition coefficient (Wildman–Crippen LogP) is 1.57. The highest BCUT2D eigenvalue weighted by Gasteiger charge is 2.30. The summed E-state index contributed by atoms with van der Waals surface area (Å²) in [6, 6.07) is 12.2. The van der Waals surface area contributed by atoms with Gasteiger partial charge in [0.2, 0.25) is 5.91 Å². The fraction of sp³-hybridized carbons (Fsp3) is 0.444. The lowest BCUT2D eigenvalue weighted by atomic mass is 10.1. The molecule has 0 radical (unpaired) electrons. The molecule has 1 unspecified atom stereocenters. The molecule has 2 heterocycles. The average Bonchev–Trinajstić information content (AvgIpc) is 2.63. The molecule has 0 saturated carbocycles. The summed E-state index contributed by atoms with van der Waals surface area (Å²) < 4.78 is 5.26. The van der Waals surface area contributed by atoms with Gasteiger partial charge in [0.1, 0.15) is 6.04 Å². The van der Waals surface area contributed by atoms with Crippen molar-refractivity contribution in [3.8, 4) is 6.07 Å². The molecule has 120 valence electrons. The molecule has 0 aliphatic carbocycles. The van der Waals surface area contributed by atoms with Crippen molar-refractivity contribution in [2.45, 2.75) is 19.0 Å². The number of rotatable bonds is 3. The summed E-state index contributed by atoms with van der Waals surface area (Å²) in [7, 11) is 0. The van der Waals surface area contributed by atoms with Crippen molar-refractivity contribution in [2.24, 2.45) is 0 Å². The van der Waals surface area contributed by atoms with Gasteiger partial charge in [-0.3, -0.25) is 9.69 Å². The number of hydrogen-bond donors (Lipinski definition) is 0. The van der Waals surface area contributed by atoms with E-state index in [1.807, 2.05) is 29.2 Å². The first kappa shape index (κ1) is 15.7. The van der Waals surface area contributed by atoms with Crippen LogP contribution in [0.1, 0.15) is 12.0 Å². The molecule has 1 aromatic rings. The van der Waals surface area contributed by atoms with E-state index >= 15 is 0 Å². The van der Waals surface area contributed by atoms with E-state index < -0.39 is 0 Å². The van der Waals surface area contributed by atoms with Gasteiger partial charge in [0.25, 0.3) is 0 Å². The topological polar surface area (TPSA) is 56.6 Å². The molecule has 3 rings (SSSR count). The second-order valence-corrected chi connectivity index (χ2v) is 5.91. The maximum atomic E-state index is 12.6. The van der Waals surface area contributed by atoms with Crippen molar-refractivity contribution in [1.29, 1.82) is 5.26 Å². The van der Waals surface area contributed by atoms with E-state index in [1.54, 1.807) is 0 Å². The molecule has 1 aromatic carbocycles. The Morgan fingerprint density at radius 2 is 2.13 bits per heavy atom. The van der Waals surface area contributed by atoms with Gasteiger partial charge in [-0.25, -0.2) is 0 Å². The Bertz CT molecular complexity index is 621. The Morgan fingerprint density at radius 1 is 1.30 bits per heavy atom. The van der Waals surface area contributed by atoms with Crippen molar-refractivity contribution in [3.63, 3.8) is 0 Å². The highest BCUT2D eigenvalue weighted by Crippen LogP contribution is 2.18. The number of ether oxygens (including phenoxy) is 1. The molecule has 0 bridgehead atoms. The van der Waals surface area contributed by atoms with Crippen molar-refractivity contribution >= 4 is 5.91 Å². The first-order chi connectivity index (χ1) is 11.3. The van der Waals surface area contributed by atoms with Crippen LogP contribution in [-0.4, -0.2) is 54.6 Å². The molecule has 1 atom stereocenters. The summed E-state index contributed by atoms with van der Waals surface area (Å²) in [5.41, 5.74) is 2.02. The standard InChI is InChI=1S/C18H21N3O2/c19-12-17-14-21(18(22)16-6-10-23-11-7-16)9-8-20(17)13-15-4-2-1-3-5-15/h1-6,17H,7-11,13-14H2. The molecule has 1 amide bonds. The van der Waals surface area contributed by atoms with Gasteiger partial charge in [0, 0.05) is 38.2 Å². The van der Waals surface area contributed by atoms with Crippen LogP contribution < -0.4 is 0 Å². The van der Waals surface area contributed by atoms with Crippen molar-refractivity contribution in [1.82, 2.24) is 9.80 Å². The second-order valence-electron chi connectivity index (χ2n) is 5.91. The first-order valence-corrected chi connectivity index (χ1v) is 8.01. The lowest BCUT2D eigenvalue weighted by Gasteiger charge is -2.38. The molecule has 0 aromatic heterocycles. The smallest absolute Gasteiger partial charge is 0.249 e. The number of nitrogens with zero attached hydrogens (tertiary/aromatic N) is 3. The molecule has 23 heavy (non-hydrogen) atoms. The third kappa shape index (κ3) is 3.79. The van der Waals surface area contributed by atoms with Crippen LogP contribution in [0.2, 0.25) is 0 Å². The highest BCUT2D eigenvalue weighted by atomic mass is 16.5. The number of hydrogen-bond acceptors (Lipinski definition) is 4. The van der Waals surface area contributed by atoms with Crippen LogP contribution in [-0.2, 0) is 16.1 Å². The lowest BCUT2D eigenvalue weighted by Crippen LogP contribution is -2.54. The fourth-order valence-corrected chi connectivity index (χ4v) is 3.06. The van der Waals surface area contributed by atoms with E-state index in [9.17, 15) is 10.1 Å². The summed E-state index contributed by atoms with van der Waals surface area (Å²) in [4.78, 5) is 16.5. The minimum absolute atomic E-state index is 0.0629. The van der Waals surface area contributed by atoms with Crippen LogP contribution in [0, 0.1) is 11.3 Å². The molecular formula is C18H21N3O2. The van der Waals surface area contributed by atoms with Gasteiger partial charge < -0.3 is 9.64 Å². The average molecular weight is 311 g/mol. The summed E-state index contributed by atoms with van der Waals surface area (Å²) >= 11 is 0. The molecule has 5 heteroatoms. The zero-order valence-corrected chi connectivity index (χ0v) is 13.1. The normalized spacial score (nSPS) is 22.3. The van der Waals surface area contributed by atoms with Crippen LogP contribution in [0.5, 0.6) is 0 Å². The first-order valence-electron chi connectivity index (χ1n) is 8.01. The summed E-state index contributed by atoms with van der Waals surface area (Å²) in [5, 5.41) is 9.49. The van der Waals surface area contributed by atoms with Gasteiger partial charge in [0.15, 0.2) is 0 Å². The summed E-state index contributed by atoms with van der Waals surface area (Å²) in [6.07, 6.45) is 2.53. The maximum Gasteiger partial charge on any atom is 0.249 e. The van der Waals surface area contributed by atoms with E-state index in [2.05, 4.69) is 23.1 Å². The molecule has 2 aliphatic rings. The number of amides is 1. The minimum Gasteiger partial charge on any atom is -0.377 e. The molecule has 0 N–H and O–H groups in total. The summed E-state index contributed by atoms with van der Waals surface area (Å²) in [5.74, 6) is 0.0629. The highest BCUT2D eigenvalue weighted by molar-refractivity contribution is 5.93. The number of benzene rings is 1. The van der Waals surface area contributed by atoms with Crippen LogP contribution in [0.4, 0.5) is 0 Å². The Morgan fingerprint density at radius 3 is 2.83 bits per heavy atom. The van der Waals surface area contributed by atoms with Crippen LogP contribution in [0.15, 0.2) is 42.0 Å². The van der Waals surface area contributed by atoms with Crippen LogP contribution >= 0.6 is 0 Å². The third-order valence-corrected chi connectivity index (χ3v) is 4.39. The van der Waals surface area contributed by atoms with Crippen LogP contribution in [0.25, 0.3) is 0 Å². The largest absolute Gasteiger partial charge is 0.377 e. The number of piperazine rings is 1. The predicted molar refractivity (Wildman–Crippen MR) is 86.4 cm³/mol. The van der Waals surface area contributed by atoms with Crippen molar-refractivity contribution in [3.05, 3.63) is 47.5 Å². The maximum absolute atomic E-state index is 12.6. The Hall–Kier alpha value is -2.16. The number of carbonyl (C=O) groups is 1. The van der Waals surface area contributed by atoms with Crippen molar-refractivity contribution < 1.29 is 9.53 Å². The van der Waals surface area contributed by atoms with Gasteiger partial charge in [-0.1, -0.05) is 36.4 Å². The van der Waals surface area contributed by atoms with E-state index in [4.69, 9.17) is 4.74 Å². The van der Waals surface area contributed by atoms with E-state index in [0.717, 1.165) is 18.7 Å². The summed E-state index contributed by atoms with van der Waals surface area (Å²) in [6.45, 7) is 3.73. The Kier molecular flexibility index (Phi) is 5.06. The third-order valence-electron chi connectivity index (χ3n) is 4.39. The van der Waals surface area contributed by atoms with E-state index in [0.29, 0.717) is 32.7 Å². The lowest BCUT2D eigenvalue weighted by molar-refractivity contribution is -0.130. The Labute approximate surface area is 136 Å². The van der Waals surface area contributed by atoms with Gasteiger partial charge in [-0.15, -0.1) is 0 Å². The van der Waals surface area contributed by atoms with Gasteiger partial charge in [-0.05, 0) is 5.56 Å². The van der Waals surface area contributed by atoms with Gasteiger partial charge >= 0.3 is 0 Å². The van der Waals surface area contributed by atoms with Gasteiger partial charge in [-0.2, -0.15) is 5.26 Å². The van der Waals surface area contributed by atoms with Crippen molar-refractivity contribution in [2.75, 3.05) is 32.8 Å². The SMILES string of the molecule is N#CC1CN(C(=O)C2=CCOCC2)CCN1Cc1ccccc1. The van der Waals surface area contributed by atoms with E-state index in [-0.39, 0.29) is 11.9 Å². The van der Waals surface area contributed by atoms with Gasteiger partial charge in [0.05, 0.1) is 19.3 Å². The second kappa shape index (κ2) is 7.40. The number of carbonyl (C=O) groups excluding carboxylic acids is 1. The van der Waals surface area contributed by atoms with Crippen LogP contribution in [0.3, 0.4) is 0 Å². The van der Waals surface area contributed by atoms with E-state index in [1.165, 1.54) is 5.56 Å².